The first-order valence-corrected chi connectivity index (χ1v) is 9.78. The van der Waals surface area contributed by atoms with Gasteiger partial charge in [0.05, 0.1) is 27.4 Å². The Morgan fingerprint density at radius 3 is 2.37 bits per heavy atom. The number of amides is 2. The molecule has 1 atom stereocenters. The molecule has 3 rings (SSSR count). The van der Waals surface area contributed by atoms with E-state index in [1.54, 1.807) is 62.4 Å². The van der Waals surface area contributed by atoms with Crippen LogP contribution in [0.5, 0.6) is 17.2 Å². The molecule has 1 aliphatic rings. The molecule has 0 radical (unpaired) electrons. The minimum atomic E-state index is -0.172. The summed E-state index contributed by atoms with van der Waals surface area (Å²) in [5, 5.41) is 0. The second-order valence-corrected chi connectivity index (χ2v) is 7.28. The molecule has 1 fully saturated rings. The molecule has 30 heavy (non-hydrogen) atoms. The molecular weight excluding hydrogens is 388 g/mol. The molecule has 2 amide bonds. The van der Waals surface area contributed by atoms with Crippen LogP contribution in [-0.2, 0) is 11.2 Å². The maximum absolute atomic E-state index is 12.8. The Hall–Kier alpha value is -3.16. The van der Waals surface area contributed by atoms with E-state index in [1.165, 1.54) is 6.92 Å². The second-order valence-electron chi connectivity index (χ2n) is 7.28. The fourth-order valence-corrected chi connectivity index (χ4v) is 3.67. The van der Waals surface area contributed by atoms with Gasteiger partial charge in [-0.3, -0.25) is 9.59 Å². The number of hydrogen-bond acceptors (Lipinski definition) is 6. The number of rotatable bonds is 7. The molecule has 162 valence electrons. The second kappa shape index (κ2) is 9.11. The van der Waals surface area contributed by atoms with Crippen LogP contribution in [-0.4, -0.2) is 69.1 Å². The lowest BCUT2D eigenvalue weighted by molar-refractivity contribution is -0.129. The van der Waals surface area contributed by atoms with Crippen LogP contribution in [0, 0.1) is 0 Å². The maximum atomic E-state index is 12.8. The largest absolute Gasteiger partial charge is 0.496 e. The molecule has 1 unspecified atom stereocenters. The van der Waals surface area contributed by atoms with E-state index in [2.05, 4.69) is 0 Å². The number of methoxy groups -OCH3 is 3. The van der Waals surface area contributed by atoms with Crippen molar-refractivity contribution in [2.24, 2.45) is 0 Å². The summed E-state index contributed by atoms with van der Waals surface area (Å²) in [6.07, 6.45) is 1.16. The first-order valence-electron chi connectivity index (χ1n) is 9.78. The number of benzene rings is 1. The van der Waals surface area contributed by atoms with Gasteiger partial charge >= 0.3 is 0 Å². The standard InChI is InChI=1S/C22H28N2O6/c1-14(25)23(2)15-8-9-24(13-15)22(26)19-7-6-16(30-19)10-18-20(28-4)11-17(27-3)12-21(18)29-5/h6-7,11-12,15H,8-10,13H2,1-5H3. The van der Waals surface area contributed by atoms with Crippen LogP contribution >= 0.6 is 0 Å². The number of carbonyl (C=O) groups is 2. The van der Waals surface area contributed by atoms with Crippen LogP contribution in [0.4, 0.5) is 0 Å². The lowest BCUT2D eigenvalue weighted by atomic mass is 10.1. The zero-order chi connectivity index (χ0) is 21.8. The molecular formula is C22H28N2O6. The molecule has 0 N–H and O–H groups in total. The van der Waals surface area contributed by atoms with Crippen LogP contribution in [0.2, 0.25) is 0 Å². The van der Waals surface area contributed by atoms with Gasteiger partial charge in [0, 0.05) is 51.2 Å². The van der Waals surface area contributed by atoms with Crippen molar-refractivity contribution >= 4 is 11.8 Å². The van der Waals surface area contributed by atoms with Crippen LogP contribution in [0.3, 0.4) is 0 Å². The maximum Gasteiger partial charge on any atom is 0.289 e. The molecule has 8 heteroatoms. The van der Waals surface area contributed by atoms with Crippen molar-refractivity contribution in [1.82, 2.24) is 9.80 Å². The molecule has 0 spiro atoms. The first-order chi connectivity index (χ1) is 14.4. The highest BCUT2D eigenvalue weighted by molar-refractivity contribution is 5.91. The van der Waals surface area contributed by atoms with E-state index in [4.69, 9.17) is 18.6 Å². The van der Waals surface area contributed by atoms with E-state index in [9.17, 15) is 9.59 Å². The summed E-state index contributed by atoms with van der Waals surface area (Å²) in [4.78, 5) is 27.8. The van der Waals surface area contributed by atoms with E-state index in [1.807, 2.05) is 0 Å². The number of ether oxygens (including phenoxy) is 3. The Labute approximate surface area is 176 Å². The number of likely N-dealkylation sites (tertiary alicyclic amines) is 1. The molecule has 0 saturated carbocycles. The fourth-order valence-electron chi connectivity index (χ4n) is 3.67. The number of furan rings is 1. The third kappa shape index (κ3) is 4.37. The van der Waals surface area contributed by atoms with Crippen LogP contribution in [0.1, 0.15) is 35.2 Å². The summed E-state index contributed by atoms with van der Waals surface area (Å²) in [6, 6.07) is 7.06. The smallest absolute Gasteiger partial charge is 0.289 e. The summed E-state index contributed by atoms with van der Waals surface area (Å²) in [5.41, 5.74) is 0.804. The summed E-state index contributed by atoms with van der Waals surface area (Å²) in [5.74, 6) is 2.59. The highest BCUT2D eigenvalue weighted by atomic mass is 16.5. The monoisotopic (exact) mass is 416 g/mol. The van der Waals surface area contributed by atoms with Gasteiger partial charge in [0.2, 0.25) is 5.91 Å². The highest BCUT2D eigenvalue weighted by Crippen LogP contribution is 2.36. The summed E-state index contributed by atoms with van der Waals surface area (Å²) >= 11 is 0. The molecule has 2 heterocycles. The van der Waals surface area contributed by atoms with Crippen molar-refractivity contribution in [2.45, 2.75) is 25.8 Å². The fraction of sp³-hybridized carbons (Fsp3) is 0.455. The van der Waals surface area contributed by atoms with E-state index >= 15 is 0 Å². The van der Waals surface area contributed by atoms with Crippen molar-refractivity contribution in [1.29, 1.82) is 0 Å². The Balaban J connectivity index is 1.75. The van der Waals surface area contributed by atoms with Crippen molar-refractivity contribution < 1.29 is 28.2 Å². The zero-order valence-corrected chi connectivity index (χ0v) is 18.1. The Bertz CT molecular complexity index is 897. The summed E-state index contributed by atoms with van der Waals surface area (Å²) in [6.45, 7) is 2.63. The summed E-state index contributed by atoms with van der Waals surface area (Å²) in [7, 11) is 6.50. The number of nitrogens with zero attached hydrogens (tertiary/aromatic N) is 2. The summed E-state index contributed by atoms with van der Waals surface area (Å²) < 4.78 is 22.1. The van der Waals surface area contributed by atoms with Crippen LogP contribution < -0.4 is 14.2 Å². The van der Waals surface area contributed by atoms with Crippen LogP contribution in [0.15, 0.2) is 28.7 Å². The SMILES string of the molecule is COc1cc(OC)c(Cc2ccc(C(=O)N3CCC(N(C)C(C)=O)C3)o2)c(OC)c1. The van der Waals surface area contributed by atoms with Gasteiger partial charge in [-0.2, -0.15) is 0 Å². The van der Waals surface area contributed by atoms with Crippen LogP contribution in [0.25, 0.3) is 0 Å². The normalized spacial score (nSPS) is 15.8. The average Bonchev–Trinajstić information content (AvgIpc) is 3.42. The minimum absolute atomic E-state index is 0.00281. The molecule has 1 aromatic heterocycles. The van der Waals surface area contributed by atoms with Gasteiger partial charge in [-0.25, -0.2) is 0 Å². The van der Waals surface area contributed by atoms with E-state index in [-0.39, 0.29) is 23.6 Å². The highest BCUT2D eigenvalue weighted by Gasteiger charge is 2.31. The van der Waals surface area contributed by atoms with E-state index in [0.717, 1.165) is 12.0 Å². The molecule has 0 bridgehead atoms. The first kappa shape index (κ1) is 21.5. The lowest BCUT2D eigenvalue weighted by Crippen LogP contribution is -2.38. The van der Waals surface area contributed by atoms with Crippen molar-refractivity contribution in [3.8, 4) is 17.2 Å². The van der Waals surface area contributed by atoms with Crippen molar-refractivity contribution in [3.05, 3.63) is 41.3 Å². The quantitative estimate of drug-likeness (QED) is 0.690. The molecule has 2 aromatic rings. The van der Waals surface area contributed by atoms with Gasteiger partial charge in [0.25, 0.3) is 5.91 Å². The van der Waals surface area contributed by atoms with E-state index < -0.39 is 0 Å². The Morgan fingerprint density at radius 1 is 1.13 bits per heavy atom. The molecule has 1 aromatic carbocycles. The van der Waals surface area contributed by atoms with Gasteiger partial charge in [-0.1, -0.05) is 0 Å². The molecule has 1 aliphatic heterocycles. The number of carbonyl (C=O) groups excluding carboxylic acids is 2. The zero-order valence-electron chi connectivity index (χ0n) is 18.1. The third-order valence-electron chi connectivity index (χ3n) is 5.54. The van der Waals surface area contributed by atoms with Gasteiger partial charge in [0.15, 0.2) is 5.76 Å². The minimum Gasteiger partial charge on any atom is -0.496 e. The number of likely N-dealkylation sites (N-methyl/N-ethyl adjacent to an activating group) is 1. The van der Waals surface area contributed by atoms with Gasteiger partial charge < -0.3 is 28.4 Å². The van der Waals surface area contributed by atoms with E-state index in [0.29, 0.717) is 42.5 Å². The topological polar surface area (TPSA) is 81.5 Å². The van der Waals surface area contributed by atoms with Gasteiger partial charge in [0.1, 0.15) is 23.0 Å². The third-order valence-corrected chi connectivity index (χ3v) is 5.54. The molecule has 1 saturated heterocycles. The van der Waals surface area contributed by atoms with Gasteiger partial charge in [-0.05, 0) is 18.6 Å². The Kier molecular flexibility index (Phi) is 6.54. The average molecular weight is 416 g/mol. The predicted molar refractivity (Wildman–Crippen MR) is 110 cm³/mol. The van der Waals surface area contributed by atoms with Crippen molar-refractivity contribution in [3.63, 3.8) is 0 Å². The molecule has 0 aliphatic carbocycles. The predicted octanol–water partition coefficient (Wildman–Crippen LogP) is 2.59. The number of hydrogen-bond donors (Lipinski definition) is 0. The molecule has 8 nitrogen and oxygen atoms in total. The Morgan fingerprint density at radius 2 is 1.80 bits per heavy atom. The van der Waals surface area contributed by atoms with Crippen molar-refractivity contribution in [2.75, 3.05) is 41.5 Å². The lowest BCUT2D eigenvalue weighted by Gasteiger charge is -2.23. The van der Waals surface area contributed by atoms with Gasteiger partial charge in [-0.15, -0.1) is 0 Å².